The molecular weight excluding hydrogens is 170 g/mol. The van der Waals surface area contributed by atoms with Gasteiger partial charge in [0.15, 0.2) is 0 Å². The van der Waals surface area contributed by atoms with Crippen LogP contribution < -0.4 is 10.6 Å². The summed E-state index contributed by atoms with van der Waals surface area (Å²) in [6.07, 6.45) is 0.497. The zero-order chi connectivity index (χ0) is 9.84. The third-order valence-electron chi connectivity index (χ3n) is 2.07. The molecule has 0 bridgehead atoms. The Morgan fingerprint density at radius 1 is 1.46 bits per heavy atom. The molecule has 5 nitrogen and oxygen atoms in total. The summed E-state index contributed by atoms with van der Waals surface area (Å²) < 4.78 is 0. The fraction of sp³-hybridized carbons (Fsp3) is 0.750. The molecule has 1 fully saturated rings. The van der Waals surface area contributed by atoms with E-state index in [9.17, 15) is 9.59 Å². The zero-order valence-electron chi connectivity index (χ0n) is 7.96. The molecule has 0 aromatic heterocycles. The highest BCUT2D eigenvalue weighted by Gasteiger charge is 2.30. The van der Waals surface area contributed by atoms with Crippen molar-refractivity contribution >= 4 is 11.9 Å². The first kappa shape index (κ1) is 9.83. The van der Waals surface area contributed by atoms with Crippen LogP contribution in [0.25, 0.3) is 0 Å². The number of nitrogens with one attached hydrogen (secondary N) is 2. The number of rotatable bonds is 2. The summed E-state index contributed by atoms with van der Waals surface area (Å²) in [5.41, 5.74) is 0. The lowest BCUT2D eigenvalue weighted by Gasteiger charge is -2.39. The van der Waals surface area contributed by atoms with Gasteiger partial charge in [0.2, 0.25) is 5.91 Å². The van der Waals surface area contributed by atoms with Crippen LogP contribution in [0.5, 0.6) is 0 Å². The summed E-state index contributed by atoms with van der Waals surface area (Å²) in [6.45, 7) is 3.04. The standard InChI is InChI=1S/C8H15N3O2/c1-3-7(12)10-6-4-11(5-6)8(13)9-2/h6H,3-5H2,1-2H3,(H,9,13)(H,10,12). The molecule has 0 aromatic carbocycles. The minimum absolute atomic E-state index is 0.0431. The van der Waals surface area contributed by atoms with Gasteiger partial charge in [0, 0.05) is 26.6 Å². The largest absolute Gasteiger partial charge is 0.350 e. The fourth-order valence-corrected chi connectivity index (χ4v) is 1.22. The van der Waals surface area contributed by atoms with Gasteiger partial charge < -0.3 is 15.5 Å². The summed E-state index contributed by atoms with van der Waals surface area (Å²) in [5.74, 6) is 0.0431. The maximum Gasteiger partial charge on any atom is 0.317 e. The smallest absolute Gasteiger partial charge is 0.317 e. The maximum atomic E-state index is 11.0. The third-order valence-corrected chi connectivity index (χ3v) is 2.07. The number of carbonyl (C=O) groups is 2. The Morgan fingerprint density at radius 2 is 2.08 bits per heavy atom. The first-order valence-corrected chi connectivity index (χ1v) is 4.43. The molecule has 0 radical (unpaired) electrons. The molecule has 74 valence electrons. The zero-order valence-corrected chi connectivity index (χ0v) is 7.96. The lowest BCUT2D eigenvalue weighted by atomic mass is 10.1. The van der Waals surface area contributed by atoms with Crippen LogP contribution in [0, 0.1) is 0 Å². The van der Waals surface area contributed by atoms with E-state index in [1.807, 2.05) is 6.92 Å². The van der Waals surface area contributed by atoms with Gasteiger partial charge in [0.1, 0.15) is 0 Å². The highest BCUT2D eigenvalue weighted by molar-refractivity contribution is 5.78. The van der Waals surface area contributed by atoms with Crippen molar-refractivity contribution in [1.29, 1.82) is 0 Å². The second-order valence-corrected chi connectivity index (χ2v) is 3.08. The summed E-state index contributed by atoms with van der Waals surface area (Å²) in [4.78, 5) is 23.6. The van der Waals surface area contributed by atoms with Crippen LogP contribution in [-0.2, 0) is 4.79 Å². The van der Waals surface area contributed by atoms with Crippen LogP contribution in [0.1, 0.15) is 13.3 Å². The second kappa shape index (κ2) is 4.11. The molecule has 0 saturated carbocycles. The van der Waals surface area contributed by atoms with Gasteiger partial charge in [-0.3, -0.25) is 4.79 Å². The van der Waals surface area contributed by atoms with Gasteiger partial charge in [0.25, 0.3) is 0 Å². The molecule has 1 heterocycles. The van der Waals surface area contributed by atoms with Gasteiger partial charge in [-0.15, -0.1) is 0 Å². The monoisotopic (exact) mass is 185 g/mol. The molecule has 5 heteroatoms. The predicted molar refractivity (Wildman–Crippen MR) is 48.3 cm³/mol. The SMILES string of the molecule is CCC(=O)NC1CN(C(=O)NC)C1. The molecule has 0 spiro atoms. The summed E-state index contributed by atoms with van der Waals surface area (Å²) >= 11 is 0. The number of carbonyl (C=O) groups excluding carboxylic acids is 2. The van der Waals surface area contributed by atoms with Crippen LogP contribution in [0.15, 0.2) is 0 Å². The molecule has 0 aromatic rings. The number of likely N-dealkylation sites (tertiary alicyclic amines) is 1. The van der Waals surface area contributed by atoms with E-state index in [1.54, 1.807) is 11.9 Å². The molecule has 2 N–H and O–H groups in total. The molecule has 13 heavy (non-hydrogen) atoms. The maximum absolute atomic E-state index is 11.0. The van der Waals surface area contributed by atoms with E-state index >= 15 is 0 Å². The van der Waals surface area contributed by atoms with Crippen molar-refractivity contribution in [3.05, 3.63) is 0 Å². The summed E-state index contributed by atoms with van der Waals surface area (Å²) in [5, 5.41) is 5.34. The lowest BCUT2D eigenvalue weighted by Crippen LogP contribution is -2.62. The molecule has 3 amide bonds. The van der Waals surface area contributed by atoms with E-state index in [4.69, 9.17) is 0 Å². The molecule has 0 atom stereocenters. The number of urea groups is 1. The molecule has 1 rings (SSSR count). The molecule has 1 saturated heterocycles. The predicted octanol–water partition coefficient (Wildman–Crippen LogP) is -0.464. The van der Waals surface area contributed by atoms with Crippen molar-refractivity contribution in [2.45, 2.75) is 19.4 Å². The van der Waals surface area contributed by atoms with Crippen molar-refractivity contribution in [3.63, 3.8) is 0 Å². The van der Waals surface area contributed by atoms with Crippen LogP contribution in [0.3, 0.4) is 0 Å². The van der Waals surface area contributed by atoms with Crippen molar-refractivity contribution in [2.24, 2.45) is 0 Å². The van der Waals surface area contributed by atoms with Crippen LogP contribution in [-0.4, -0.2) is 43.0 Å². The lowest BCUT2D eigenvalue weighted by molar-refractivity contribution is -0.122. The van der Waals surface area contributed by atoms with Gasteiger partial charge in [0.05, 0.1) is 6.04 Å². The Kier molecular flexibility index (Phi) is 3.11. The average Bonchev–Trinajstić information content (AvgIpc) is 2.08. The normalized spacial score (nSPS) is 16.3. The topological polar surface area (TPSA) is 61.4 Å². The highest BCUT2D eigenvalue weighted by Crippen LogP contribution is 2.07. The van der Waals surface area contributed by atoms with E-state index in [1.165, 1.54) is 0 Å². The Labute approximate surface area is 77.5 Å². The quantitative estimate of drug-likeness (QED) is 0.611. The van der Waals surface area contributed by atoms with Crippen LogP contribution >= 0.6 is 0 Å². The molecule has 1 aliphatic heterocycles. The highest BCUT2D eigenvalue weighted by atomic mass is 16.2. The van der Waals surface area contributed by atoms with Crippen molar-refractivity contribution in [2.75, 3.05) is 20.1 Å². The minimum Gasteiger partial charge on any atom is -0.350 e. The van der Waals surface area contributed by atoms with Gasteiger partial charge in [-0.05, 0) is 0 Å². The third kappa shape index (κ3) is 2.34. The molecule has 1 aliphatic rings. The van der Waals surface area contributed by atoms with E-state index in [2.05, 4.69) is 10.6 Å². The van der Waals surface area contributed by atoms with Gasteiger partial charge in [-0.25, -0.2) is 4.79 Å². The summed E-state index contributed by atoms with van der Waals surface area (Å²) in [6, 6.07) is 0.0618. The van der Waals surface area contributed by atoms with Gasteiger partial charge in [-0.1, -0.05) is 6.92 Å². The average molecular weight is 185 g/mol. The van der Waals surface area contributed by atoms with Gasteiger partial charge >= 0.3 is 6.03 Å². The molecule has 0 aliphatic carbocycles. The molecule has 0 unspecified atom stereocenters. The van der Waals surface area contributed by atoms with E-state index in [0.717, 1.165) is 0 Å². The van der Waals surface area contributed by atoms with E-state index in [0.29, 0.717) is 19.5 Å². The van der Waals surface area contributed by atoms with Crippen molar-refractivity contribution < 1.29 is 9.59 Å². The Balaban J connectivity index is 2.18. The van der Waals surface area contributed by atoms with E-state index in [-0.39, 0.29) is 18.0 Å². The second-order valence-electron chi connectivity index (χ2n) is 3.08. The Morgan fingerprint density at radius 3 is 2.54 bits per heavy atom. The van der Waals surface area contributed by atoms with Crippen LogP contribution in [0.2, 0.25) is 0 Å². The van der Waals surface area contributed by atoms with E-state index < -0.39 is 0 Å². The summed E-state index contributed by atoms with van der Waals surface area (Å²) in [7, 11) is 1.60. The minimum atomic E-state index is -0.0815. The number of nitrogens with zero attached hydrogens (tertiary/aromatic N) is 1. The first-order chi connectivity index (χ1) is 6.17. The Bertz CT molecular complexity index is 211. The Hall–Kier alpha value is -1.26. The fourth-order valence-electron chi connectivity index (χ4n) is 1.22. The number of hydrogen-bond acceptors (Lipinski definition) is 2. The van der Waals surface area contributed by atoms with Crippen LogP contribution in [0.4, 0.5) is 4.79 Å². The van der Waals surface area contributed by atoms with Crippen molar-refractivity contribution in [1.82, 2.24) is 15.5 Å². The van der Waals surface area contributed by atoms with Crippen molar-refractivity contribution in [3.8, 4) is 0 Å². The van der Waals surface area contributed by atoms with Gasteiger partial charge in [-0.2, -0.15) is 0 Å². The number of amides is 3. The number of hydrogen-bond donors (Lipinski definition) is 2. The first-order valence-electron chi connectivity index (χ1n) is 4.43. The molecular formula is C8H15N3O2.